The van der Waals surface area contributed by atoms with Crippen molar-refractivity contribution in [3.05, 3.63) is 29.3 Å². The Kier molecular flexibility index (Phi) is 5.66. The molecule has 2 amide bonds. The Morgan fingerprint density at radius 2 is 1.73 bits per heavy atom. The molecule has 2 saturated heterocycles. The summed E-state index contributed by atoms with van der Waals surface area (Å²) >= 11 is 0. The van der Waals surface area contributed by atoms with Gasteiger partial charge < -0.3 is 9.80 Å². The van der Waals surface area contributed by atoms with E-state index in [1.54, 1.807) is 28.9 Å². The van der Waals surface area contributed by atoms with Crippen molar-refractivity contribution in [1.29, 1.82) is 0 Å². The molecule has 1 aliphatic carbocycles. The molecule has 2 aliphatic heterocycles. The Labute approximate surface area is 179 Å². The summed E-state index contributed by atoms with van der Waals surface area (Å²) in [4.78, 5) is 29.6. The zero-order chi connectivity index (χ0) is 21.6. The molecule has 1 aromatic rings. The van der Waals surface area contributed by atoms with E-state index in [1.165, 1.54) is 9.87 Å². The number of hydrogen-bond acceptors (Lipinski definition) is 4. The van der Waals surface area contributed by atoms with Gasteiger partial charge in [0, 0.05) is 26.2 Å². The SMILES string of the molecule is CC(C)CN1CCN2C(=O)[C@H](C)N(S(=O)(=O)c3ccc4c(c3)CCCC4)C[C@H]2C1=O. The average molecular weight is 434 g/mol. The van der Waals surface area contributed by atoms with Gasteiger partial charge in [-0.1, -0.05) is 19.9 Å². The molecule has 30 heavy (non-hydrogen) atoms. The van der Waals surface area contributed by atoms with Gasteiger partial charge >= 0.3 is 0 Å². The summed E-state index contributed by atoms with van der Waals surface area (Å²) in [6.07, 6.45) is 4.05. The third-order valence-corrected chi connectivity index (χ3v) is 8.45. The van der Waals surface area contributed by atoms with Crippen LogP contribution in [0.5, 0.6) is 0 Å². The van der Waals surface area contributed by atoms with Crippen LogP contribution in [0.4, 0.5) is 0 Å². The second-order valence-corrected chi connectivity index (χ2v) is 11.0. The molecule has 0 radical (unpaired) electrons. The van der Waals surface area contributed by atoms with Crippen molar-refractivity contribution >= 4 is 21.8 Å². The van der Waals surface area contributed by atoms with Gasteiger partial charge in [-0.3, -0.25) is 9.59 Å². The molecule has 0 bridgehead atoms. The third-order valence-electron chi connectivity index (χ3n) is 6.52. The first kappa shape index (κ1) is 21.3. The van der Waals surface area contributed by atoms with Crippen LogP contribution in [-0.2, 0) is 32.5 Å². The molecule has 1 aromatic carbocycles. The largest absolute Gasteiger partial charge is 0.339 e. The molecule has 0 aromatic heterocycles. The highest BCUT2D eigenvalue weighted by Gasteiger charge is 2.49. The molecule has 0 unspecified atom stereocenters. The Hall–Kier alpha value is -1.93. The first-order chi connectivity index (χ1) is 14.2. The van der Waals surface area contributed by atoms with Gasteiger partial charge in [0.15, 0.2) is 0 Å². The van der Waals surface area contributed by atoms with Crippen molar-refractivity contribution in [1.82, 2.24) is 14.1 Å². The van der Waals surface area contributed by atoms with E-state index < -0.39 is 22.1 Å². The van der Waals surface area contributed by atoms with Crippen LogP contribution in [0.15, 0.2) is 23.1 Å². The minimum atomic E-state index is -3.88. The number of rotatable bonds is 4. The second-order valence-electron chi connectivity index (χ2n) is 9.11. The van der Waals surface area contributed by atoms with Crippen LogP contribution in [-0.4, -0.2) is 72.6 Å². The van der Waals surface area contributed by atoms with Crippen molar-refractivity contribution < 1.29 is 18.0 Å². The monoisotopic (exact) mass is 433 g/mol. The van der Waals surface area contributed by atoms with E-state index in [0.717, 1.165) is 31.2 Å². The molecule has 0 N–H and O–H groups in total. The summed E-state index contributed by atoms with van der Waals surface area (Å²) in [5, 5.41) is 0. The lowest BCUT2D eigenvalue weighted by atomic mass is 9.92. The van der Waals surface area contributed by atoms with Crippen molar-refractivity contribution in [3.8, 4) is 0 Å². The van der Waals surface area contributed by atoms with Gasteiger partial charge in [0.2, 0.25) is 21.8 Å². The maximum absolute atomic E-state index is 13.5. The lowest BCUT2D eigenvalue weighted by Crippen LogP contribution is -2.69. The lowest BCUT2D eigenvalue weighted by Gasteiger charge is -2.48. The normalized spacial score (nSPS) is 25.5. The van der Waals surface area contributed by atoms with E-state index in [4.69, 9.17) is 0 Å². The first-order valence-electron chi connectivity index (χ1n) is 10.9. The summed E-state index contributed by atoms with van der Waals surface area (Å²) < 4.78 is 28.2. The van der Waals surface area contributed by atoms with Gasteiger partial charge in [0.05, 0.1) is 4.90 Å². The highest BCUT2D eigenvalue weighted by Crippen LogP contribution is 2.30. The van der Waals surface area contributed by atoms with Crippen LogP contribution in [0.2, 0.25) is 0 Å². The van der Waals surface area contributed by atoms with E-state index in [2.05, 4.69) is 0 Å². The van der Waals surface area contributed by atoms with Crippen LogP contribution in [0.1, 0.15) is 44.7 Å². The molecular weight excluding hydrogens is 402 g/mol. The lowest BCUT2D eigenvalue weighted by molar-refractivity contribution is -0.158. The number of carbonyl (C=O) groups is 2. The van der Waals surface area contributed by atoms with Crippen LogP contribution in [0.3, 0.4) is 0 Å². The zero-order valence-electron chi connectivity index (χ0n) is 18.0. The molecule has 2 atom stereocenters. The third kappa shape index (κ3) is 3.64. The molecule has 0 spiro atoms. The Morgan fingerprint density at radius 3 is 2.43 bits per heavy atom. The van der Waals surface area contributed by atoms with Crippen molar-refractivity contribution in [3.63, 3.8) is 0 Å². The summed E-state index contributed by atoms with van der Waals surface area (Å²) in [6.45, 7) is 7.30. The second kappa shape index (κ2) is 7.96. The highest BCUT2D eigenvalue weighted by atomic mass is 32.2. The van der Waals surface area contributed by atoms with E-state index in [9.17, 15) is 18.0 Å². The highest BCUT2D eigenvalue weighted by molar-refractivity contribution is 7.89. The summed E-state index contributed by atoms with van der Waals surface area (Å²) in [6, 6.07) is 3.76. The fourth-order valence-corrected chi connectivity index (χ4v) is 6.55. The number of sulfonamides is 1. The fourth-order valence-electron chi connectivity index (χ4n) is 4.90. The molecule has 2 fully saturated rings. The van der Waals surface area contributed by atoms with Gasteiger partial charge in [0.1, 0.15) is 12.1 Å². The minimum absolute atomic E-state index is 0.0136. The number of fused-ring (bicyclic) bond motifs is 2. The smallest absolute Gasteiger partial charge is 0.246 e. The van der Waals surface area contributed by atoms with Gasteiger partial charge in [-0.25, -0.2) is 8.42 Å². The molecule has 4 rings (SSSR count). The zero-order valence-corrected chi connectivity index (χ0v) is 18.8. The maximum atomic E-state index is 13.5. The van der Waals surface area contributed by atoms with Crippen LogP contribution < -0.4 is 0 Å². The van der Waals surface area contributed by atoms with E-state index in [1.807, 2.05) is 19.9 Å². The number of piperazine rings is 2. The number of carbonyl (C=O) groups excluding carboxylic acids is 2. The molecule has 2 heterocycles. The summed E-state index contributed by atoms with van der Waals surface area (Å²) in [7, 11) is -3.88. The Balaban J connectivity index is 1.63. The number of amides is 2. The minimum Gasteiger partial charge on any atom is -0.339 e. The summed E-state index contributed by atoms with van der Waals surface area (Å²) in [5.41, 5.74) is 2.29. The van der Waals surface area contributed by atoms with E-state index in [-0.39, 0.29) is 23.3 Å². The Morgan fingerprint density at radius 1 is 1.03 bits per heavy atom. The molecular formula is C22H31N3O4S. The molecule has 8 heteroatoms. The van der Waals surface area contributed by atoms with Crippen molar-refractivity contribution in [2.75, 3.05) is 26.2 Å². The first-order valence-corrected chi connectivity index (χ1v) is 12.4. The molecule has 3 aliphatic rings. The van der Waals surface area contributed by atoms with Gasteiger partial charge in [0.25, 0.3) is 0 Å². The number of hydrogen-bond donors (Lipinski definition) is 0. The molecule has 164 valence electrons. The standard InChI is InChI=1S/C22H31N3O4S/c1-15(2)13-23-10-11-24-20(22(23)27)14-25(16(3)21(24)26)30(28,29)19-9-8-17-6-4-5-7-18(17)12-19/h8-9,12,15-16,20H,4-7,10-11,13-14H2,1-3H3/t16-,20-/m0/s1. The summed E-state index contributed by atoms with van der Waals surface area (Å²) in [5.74, 6) is -0.125. The predicted octanol–water partition coefficient (Wildman–Crippen LogP) is 1.65. The Bertz CT molecular complexity index is 959. The maximum Gasteiger partial charge on any atom is 0.246 e. The van der Waals surface area contributed by atoms with Crippen LogP contribution >= 0.6 is 0 Å². The van der Waals surface area contributed by atoms with E-state index >= 15 is 0 Å². The predicted molar refractivity (Wildman–Crippen MR) is 113 cm³/mol. The van der Waals surface area contributed by atoms with Crippen molar-refractivity contribution in [2.24, 2.45) is 5.92 Å². The number of benzene rings is 1. The van der Waals surface area contributed by atoms with E-state index in [0.29, 0.717) is 25.6 Å². The topological polar surface area (TPSA) is 78.0 Å². The quantitative estimate of drug-likeness (QED) is 0.723. The van der Waals surface area contributed by atoms with Gasteiger partial charge in [-0.2, -0.15) is 4.31 Å². The number of aryl methyl sites for hydroxylation is 2. The van der Waals surface area contributed by atoms with Crippen molar-refractivity contribution in [2.45, 2.75) is 63.4 Å². The van der Waals surface area contributed by atoms with Crippen LogP contribution in [0, 0.1) is 5.92 Å². The fraction of sp³-hybridized carbons (Fsp3) is 0.636. The van der Waals surface area contributed by atoms with Gasteiger partial charge in [-0.15, -0.1) is 0 Å². The molecule has 0 saturated carbocycles. The van der Waals surface area contributed by atoms with Gasteiger partial charge in [-0.05, 0) is 61.8 Å². The molecule has 7 nitrogen and oxygen atoms in total. The van der Waals surface area contributed by atoms with Crippen LogP contribution in [0.25, 0.3) is 0 Å². The average Bonchev–Trinajstić information content (AvgIpc) is 2.72. The number of nitrogens with zero attached hydrogens (tertiary/aromatic N) is 3.